The van der Waals surface area contributed by atoms with E-state index in [1.54, 1.807) is 12.4 Å². The molecule has 1 aliphatic rings. The number of pyridine rings is 1. The minimum absolute atomic E-state index is 0.0509. The van der Waals surface area contributed by atoms with Gasteiger partial charge in [-0.15, -0.1) is 0 Å². The lowest BCUT2D eigenvalue weighted by Crippen LogP contribution is -2.35. The molecule has 0 unspecified atom stereocenters. The van der Waals surface area contributed by atoms with E-state index < -0.39 is 0 Å². The zero-order valence-electron chi connectivity index (χ0n) is 12.3. The number of nitrogens with zero attached hydrogens (tertiary/aromatic N) is 2. The molecule has 2 aromatic rings. The molecule has 0 aliphatic carbocycles. The lowest BCUT2D eigenvalue weighted by molar-refractivity contribution is 0.0724. The molecular weight excluding hydrogens is 298 g/mol. The summed E-state index contributed by atoms with van der Waals surface area (Å²) in [7, 11) is 0. The molecule has 1 aromatic heterocycles. The van der Waals surface area contributed by atoms with Crippen molar-refractivity contribution in [2.45, 2.75) is 19.3 Å². The lowest BCUT2D eigenvalue weighted by atomic mass is 10.1. The average molecular weight is 316 g/mol. The topological polar surface area (TPSA) is 45.2 Å². The summed E-state index contributed by atoms with van der Waals surface area (Å²) in [5.41, 5.74) is 2.17. The van der Waals surface area contributed by atoms with Crippen LogP contribution in [0.5, 0.6) is 0 Å². The molecule has 4 nitrogen and oxygen atoms in total. The number of nitrogens with one attached hydrogen (secondary N) is 1. The van der Waals surface area contributed by atoms with E-state index >= 15 is 0 Å². The van der Waals surface area contributed by atoms with Crippen LogP contribution in [0, 0.1) is 0 Å². The monoisotopic (exact) mass is 315 g/mol. The van der Waals surface area contributed by atoms with Gasteiger partial charge in [0.15, 0.2) is 0 Å². The molecule has 0 bridgehead atoms. The second kappa shape index (κ2) is 6.79. The fourth-order valence-corrected chi connectivity index (χ4v) is 2.81. The normalized spacial score (nSPS) is 14.7. The molecular formula is C17H18ClN3O. The van der Waals surface area contributed by atoms with Crippen LogP contribution in [0.25, 0.3) is 0 Å². The molecule has 0 radical (unpaired) electrons. The van der Waals surface area contributed by atoms with Crippen molar-refractivity contribution in [3.05, 3.63) is 53.3 Å². The smallest absolute Gasteiger partial charge is 0.255 e. The second-order valence-electron chi connectivity index (χ2n) is 5.42. The molecule has 1 saturated heterocycles. The molecule has 0 spiro atoms. The number of hydrogen-bond donors (Lipinski definition) is 1. The van der Waals surface area contributed by atoms with Gasteiger partial charge in [0.25, 0.3) is 5.91 Å². The Morgan fingerprint density at radius 3 is 2.68 bits per heavy atom. The first-order chi connectivity index (χ1) is 10.7. The SMILES string of the molecule is O=C(c1cncc(Nc2ccccc2Cl)c1)N1CCCCC1. The van der Waals surface area contributed by atoms with E-state index in [1.807, 2.05) is 35.2 Å². The average Bonchev–Trinajstić information content (AvgIpc) is 2.57. The molecule has 1 aromatic carbocycles. The largest absolute Gasteiger partial charge is 0.353 e. The highest BCUT2D eigenvalue weighted by Crippen LogP contribution is 2.25. The Labute approximate surface area is 135 Å². The highest BCUT2D eigenvalue weighted by atomic mass is 35.5. The molecule has 5 heteroatoms. The van der Waals surface area contributed by atoms with Gasteiger partial charge in [-0.25, -0.2) is 0 Å². The van der Waals surface area contributed by atoms with Gasteiger partial charge in [-0.05, 0) is 37.5 Å². The summed E-state index contributed by atoms with van der Waals surface area (Å²) in [6.07, 6.45) is 6.68. The van der Waals surface area contributed by atoms with Crippen molar-refractivity contribution in [1.82, 2.24) is 9.88 Å². The maximum Gasteiger partial charge on any atom is 0.255 e. The van der Waals surface area contributed by atoms with Gasteiger partial charge in [-0.2, -0.15) is 0 Å². The van der Waals surface area contributed by atoms with E-state index in [2.05, 4.69) is 10.3 Å². The van der Waals surface area contributed by atoms with Gasteiger partial charge >= 0.3 is 0 Å². The summed E-state index contributed by atoms with van der Waals surface area (Å²) in [6.45, 7) is 1.67. The van der Waals surface area contributed by atoms with Crippen LogP contribution in [0.1, 0.15) is 29.6 Å². The standard InChI is InChI=1S/C17H18ClN3O/c18-15-6-2-3-7-16(15)20-14-10-13(11-19-12-14)17(22)21-8-4-1-5-9-21/h2-3,6-7,10-12,20H,1,4-5,8-9H2. The molecule has 114 valence electrons. The Bertz CT molecular complexity index is 668. The zero-order chi connectivity index (χ0) is 15.4. The number of anilines is 2. The summed E-state index contributed by atoms with van der Waals surface area (Å²) in [4.78, 5) is 18.6. The summed E-state index contributed by atoms with van der Waals surface area (Å²) in [6, 6.07) is 9.32. The summed E-state index contributed by atoms with van der Waals surface area (Å²) < 4.78 is 0. The van der Waals surface area contributed by atoms with Gasteiger partial charge in [-0.1, -0.05) is 23.7 Å². The van der Waals surface area contributed by atoms with Crippen molar-refractivity contribution in [2.75, 3.05) is 18.4 Å². The Balaban J connectivity index is 1.77. The minimum Gasteiger partial charge on any atom is -0.353 e. The quantitative estimate of drug-likeness (QED) is 0.927. The van der Waals surface area contributed by atoms with Crippen LogP contribution in [0.4, 0.5) is 11.4 Å². The van der Waals surface area contributed by atoms with Gasteiger partial charge < -0.3 is 10.2 Å². The van der Waals surface area contributed by atoms with Gasteiger partial charge in [0.05, 0.1) is 28.2 Å². The number of carbonyl (C=O) groups is 1. The van der Waals surface area contributed by atoms with Crippen molar-refractivity contribution in [3.8, 4) is 0 Å². The third kappa shape index (κ3) is 3.39. The van der Waals surface area contributed by atoms with E-state index in [1.165, 1.54) is 6.42 Å². The van der Waals surface area contributed by atoms with Gasteiger partial charge in [0.1, 0.15) is 0 Å². The van der Waals surface area contributed by atoms with Crippen molar-refractivity contribution in [3.63, 3.8) is 0 Å². The highest BCUT2D eigenvalue weighted by Gasteiger charge is 2.18. The van der Waals surface area contributed by atoms with Crippen LogP contribution in [-0.2, 0) is 0 Å². The second-order valence-corrected chi connectivity index (χ2v) is 5.83. The van der Waals surface area contributed by atoms with Gasteiger partial charge in [0, 0.05) is 19.3 Å². The number of para-hydroxylation sites is 1. The maximum atomic E-state index is 12.5. The van der Waals surface area contributed by atoms with Crippen LogP contribution in [0.3, 0.4) is 0 Å². The number of likely N-dealkylation sites (tertiary alicyclic amines) is 1. The highest BCUT2D eigenvalue weighted by molar-refractivity contribution is 6.33. The molecule has 3 rings (SSSR count). The molecule has 2 heterocycles. The molecule has 0 atom stereocenters. The van der Waals surface area contributed by atoms with Crippen LogP contribution in [-0.4, -0.2) is 28.9 Å². The fourth-order valence-electron chi connectivity index (χ4n) is 2.62. The predicted octanol–water partition coefficient (Wildman–Crippen LogP) is 4.10. The number of aromatic nitrogens is 1. The first-order valence-electron chi connectivity index (χ1n) is 7.50. The number of carbonyl (C=O) groups excluding carboxylic acids is 1. The van der Waals surface area contributed by atoms with E-state index in [0.717, 1.165) is 37.3 Å². The Morgan fingerprint density at radius 1 is 1.14 bits per heavy atom. The Kier molecular flexibility index (Phi) is 4.59. The van der Waals surface area contributed by atoms with Gasteiger partial charge in [-0.3, -0.25) is 9.78 Å². The minimum atomic E-state index is 0.0509. The molecule has 0 saturated carbocycles. The van der Waals surface area contributed by atoms with Crippen LogP contribution in [0.15, 0.2) is 42.7 Å². The van der Waals surface area contributed by atoms with Crippen LogP contribution >= 0.6 is 11.6 Å². The summed E-state index contributed by atoms with van der Waals surface area (Å²) >= 11 is 6.14. The van der Waals surface area contributed by atoms with Crippen molar-refractivity contribution in [2.24, 2.45) is 0 Å². The molecule has 1 aliphatic heterocycles. The Hall–Kier alpha value is -2.07. The number of hydrogen-bond acceptors (Lipinski definition) is 3. The molecule has 1 amide bonds. The van der Waals surface area contributed by atoms with E-state index in [0.29, 0.717) is 10.6 Å². The van der Waals surface area contributed by atoms with Crippen molar-refractivity contribution in [1.29, 1.82) is 0 Å². The molecule has 1 N–H and O–H groups in total. The number of amides is 1. The number of benzene rings is 1. The van der Waals surface area contributed by atoms with E-state index in [-0.39, 0.29) is 5.91 Å². The Morgan fingerprint density at radius 2 is 1.91 bits per heavy atom. The van der Waals surface area contributed by atoms with E-state index in [9.17, 15) is 4.79 Å². The number of halogens is 1. The fraction of sp³-hybridized carbons (Fsp3) is 0.294. The lowest BCUT2D eigenvalue weighted by Gasteiger charge is -2.26. The predicted molar refractivity (Wildman–Crippen MR) is 88.7 cm³/mol. The zero-order valence-corrected chi connectivity index (χ0v) is 13.0. The summed E-state index contributed by atoms with van der Waals surface area (Å²) in [5.74, 6) is 0.0509. The third-order valence-corrected chi connectivity index (χ3v) is 4.11. The third-order valence-electron chi connectivity index (χ3n) is 3.78. The molecule has 1 fully saturated rings. The van der Waals surface area contributed by atoms with Crippen LogP contribution < -0.4 is 5.32 Å². The van der Waals surface area contributed by atoms with E-state index in [4.69, 9.17) is 11.6 Å². The van der Waals surface area contributed by atoms with Crippen molar-refractivity contribution >= 4 is 28.9 Å². The number of rotatable bonds is 3. The van der Waals surface area contributed by atoms with Gasteiger partial charge in [0.2, 0.25) is 0 Å². The maximum absolute atomic E-state index is 12.5. The summed E-state index contributed by atoms with van der Waals surface area (Å²) in [5, 5.41) is 3.84. The first-order valence-corrected chi connectivity index (χ1v) is 7.88. The van der Waals surface area contributed by atoms with Crippen molar-refractivity contribution < 1.29 is 4.79 Å². The molecule has 22 heavy (non-hydrogen) atoms. The number of piperidine rings is 1. The van der Waals surface area contributed by atoms with Crippen LogP contribution in [0.2, 0.25) is 5.02 Å². The first kappa shape index (κ1) is 14.9.